The molecule has 2 amide bonds. The van der Waals surface area contributed by atoms with E-state index in [9.17, 15) is 9.90 Å². The highest BCUT2D eigenvalue weighted by molar-refractivity contribution is 5.89. The Hall–Kier alpha value is -2.53. The number of hydrogen-bond donors (Lipinski definition) is 3. The van der Waals surface area contributed by atoms with Crippen LogP contribution in [0.2, 0.25) is 0 Å². The van der Waals surface area contributed by atoms with E-state index in [0.717, 1.165) is 11.3 Å². The second-order valence-electron chi connectivity index (χ2n) is 4.49. The molecule has 0 aliphatic carbocycles. The number of urea groups is 1. The second-order valence-corrected chi connectivity index (χ2v) is 4.49. The second kappa shape index (κ2) is 7.31. The molecule has 0 saturated heterocycles. The molecule has 0 aliphatic heterocycles. The van der Waals surface area contributed by atoms with Crippen molar-refractivity contribution in [2.24, 2.45) is 0 Å². The predicted molar refractivity (Wildman–Crippen MR) is 81.4 cm³/mol. The molecule has 5 heteroatoms. The summed E-state index contributed by atoms with van der Waals surface area (Å²) in [6.45, 7) is 0.145. The Kier molecular flexibility index (Phi) is 5.17. The van der Waals surface area contributed by atoms with Crippen molar-refractivity contribution in [3.05, 3.63) is 60.2 Å². The fraction of sp³-hybridized carbons (Fsp3) is 0.188. The van der Waals surface area contributed by atoms with Crippen LogP contribution in [-0.2, 0) is 0 Å². The molecule has 2 rings (SSSR count). The first kappa shape index (κ1) is 14.9. The summed E-state index contributed by atoms with van der Waals surface area (Å²) < 4.78 is 5.04. The zero-order valence-electron chi connectivity index (χ0n) is 11.7. The van der Waals surface area contributed by atoms with Gasteiger partial charge in [-0.25, -0.2) is 4.79 Å². The Labute approximate surface area is 123 Å². The fourth-order valence-corrected chi connectivity index (χ4v) is 1.83. The standard InChI is InChI=1S/C16H18N2O3/c1-21-14-9-7-13(8-10-14)18-16(20)17-11-15(19)12-5-3-2-4-6-12/h2-10,15,19H,11H2,1H3,(H2,17,18,20)/t15-/m1/s1. The fourth-order valence-electron chi connectivity index (χ4n) is 1.83. The minimum Gasteiger partial charge on any atom is -0.497 e. The van der Waals surface area contributed by atoms with Gasteiger partial charge in [-0.05, 0) is 29.8 Å². The number of aliphatic hydroxyl groups excluding tert-OH is 1. The van der Waals surface area contributed by atoms with Gasteiger partial charge in [-0.15, -0.1) is 0 Å². The third-order valence-corrected chi connectivity index (χ3v) is 2.99. The Morgan fingerprint density at radius 2 is 1.81 bits per heavy atom. The van der Waals surface area contributed by atoms with Crippen molar-refractivity contribution < 1.29 is 14.6 Å². The van der Waals surface area contributed by atoms with Crippen LogP contribution >= 0.6 is 0 Å². The van der Waals surface area contributed by atoms with Gasteiger partial charge >= 0.3 is 6.03 Å². The maximum absolute atomic E-state index is 11.7. The lowest BCUT2D eigenvalue weighted by Gasteiger charge is -2.13. The molecule has 0 aliphatic rings. The van der Waals surface area contributed by atoms with Crippen LogP contribution < -0.4 is 15.4 Å². The number of hydrogen-bond acceptors (Lipinski definition) is 3. The quantitative estimate of drug-likeness (QED) is 0.791. The zero-order chi connectivity index (χ0) is 15.1. The molecule has 0 aromatic heterocycles. The van der Waals surface area contributed by atoms with Crippen LogP contribution in [0.15, 0.2) is 54.6 Å². The topological polar surface area (TPSA) is 70.6 Å². The van der Waals surface area contributed by atoms with E-state index in [4.69, 9.17) is 4.74 Å². The van der Waals surface area contributed by atoms with Crippen molar-refractivity contribution in [2.75, 3.05) is 19.0 Å². The molecule has 0 fully saturated rings. The first-order valence-corrected chi connectivity index (χ1v) is 6.61. The van der Waals surface area contributed by atoms with Crippen LogP contribution in [0.3, 0.4) is 0 Å². The van der Waals surface area contributed by atoms with Gasteiger partial charge in [0.15, 0.2) is 0 Å². The van der Waals surface area contributed by atoms with Crippen LogP contribution in [0.25, 0.3) is 0 Å². The predicted octanol–water partition coefficient (Wildman–Crippen LogP) is 2.55. The number of rotatable bonds is 5. The summed E-state index contributed by atoms with van der Waals surface area (Å²) in [7, 11) is 1.58. The van der Waals surface area contributed by atoms with Crippen LogP contribution in [0.4, 0.5) is 10.5 Å². The van der Waals surface area contributed by atoms with Crippen LogP contribution in [0, 0.1) is 0 Å². The third-order valence-electron chi connectivity index (χ3n) is 2.99. The smallest absolute Gasteiger partial charge is 0.319 e. The van der Waals surface area contributed by atoms with Gasteiger partial charge in [-0.2, -0.15) is 0 Å². The number of amides is 2. The van der Waals surface area contributed by atoms with Gasteiger partial charge in [0, 0.05) is 12.2 Å². The highest BCUT2D eigenvalue weighted by Gasteiger charge is 2.09. The maximum Gasteiger partial charge on any atom is 0.319 e. The Bertz CT molecular complexity index is 570. The van der Waals surface area contributed by atoms with Gasteiger partial charge in [0.05, 0.1) is 13.2 Å². The molecule has 0 unspecified atom stereocenters. The minimum atomic E-state index is -0.729. The van der Waals surface area contributed by atoms with Gasteiger partial charge in [-0.3, -0.25) is 0 Å². The van der Waals surface area contributed by atoms with E-state index in [1.165, 1.54) is 0 Å². The van der Waals surface area contributed by atoms with Crippen LogP contribution in [-0.4, -0.2) is 24.8 Å². The van der Waals surface area contributed by atoms with E-state index in [-0.39, 0.29) is 12.6 Å². The highest BCUT2D eigenvalue weighted by Crippen LogP contribution is 2.15. The molecule has 0 spiro atoms. The molecule has 0 bridgehead atoms. The first-order valence-electron chi connectivity index (χ1n) is 6.61. The van der Waals surface area contributed by atoms with Gasteiger partial charge in [-0.1, -0.05) is 30.3 Å². The molecule has 0 saturated carbocycles. The number of methoxy groups -OCH3 is 1. The number of nitrogens with one attached hydrogen (secondary N) is 2. The van der Waals surface area contributed by atoms with E-state index < -0.39 is 6.10 Å². The molecule has 0 radical (unpaired) electrons. The highest BCUT2D eigenvalue weighted by atomic mass is 16.5. The van der Waals surface area contributed by atoms with Crippen molar-refractivity contribution in [1.82, 2.24) is 5.32 Å². The van der Waals surface area contributed by atoms with Gasteiger partial charge < -0.3 is 20.5 Å². The summed E-state index contributed by atoms with van der Waals surface area (Å²) in [5.74, 6) is 0.723. The number of benzene rings is 2. The van der Waals surface area contributed by atoms with Crippen molar-refractivity contribution in [1.29, 1.82) is 0 Å². The molecule has 110 valence electrons. The first-order chi connectivity index (χ1) is 10.2. The summed E-state index contributed by atoms with van der Waals surface area (Å²) in [5.41, 5.74) is 1.42. The van der Waals surface area contributed by atoms with Gasteiger partial charge in [0.25, 0.3) is 0 Å². The molecule has 21 heavy (non-hydrogen) atoms. The lowest BCUT2D eigenvalue weighted by molar-refractivity contribution is 0.175. The molecule has 1 atom stereocenters. The summed E-state index contributed by atoms with van der Waals surface area (Å²) >= 11 is 0. The van der Waals surface area contributed by atoms with E-state index in [1.54, 1.807) is 31.4 Å². The normalized spacial score (nSPS) is 11.5. The third kappa shape index (κ3) is 4.50. The minimum absolute atomic E-state index is 0.145. The lowest BCUT2D eigenvalue weighted by Crippen LogP contribution is -2.32. The van der Waals surface area contributed by atoms with E-state index >= 15 is 0 Å². The molecule has 5 nitrogen and oxygen atoms in total. The largest absolute Gasteiger partial charge is 0.497 e. The van der Waals surface area contributed by atoms with Crippen molar-refractivity contribution in [3.63, 3.8) is 0 Å². The van der Waals surface area contributed by atoms with Crippen molar-refractivity contribution in [2.45, 2.75) is 6.10 Å². The SMILES string of the molecule is COc1ccc(NC(=O)NC[C@@H](O)c2ccccc2)cc1. The summed E-state index contributed by atoms with van der Waals surface area (Å²) in [6.07, 6.45) is -0.729. The average Bonchev–Trinajstić information content (AvgIpc) is 2.54. The lowest BCUT2D eigenvalue weighted by atomic mass is 10.1. The number of anilines is 1. The van der Waals surface area contributed by atoms with E-state index in [2.05, 4.69) is 10.6 Å². The molecular weight excluding hydrogens is 268 g/mol. The van der Waals surface area contributed by atoms with Crippen LogP contribution in [0.5, 0.6) is 5.75 Å². The summed E-state index contributed by atoms with van der Waals surface area (Å²) in [5, 5.41) is 15.3. The molecule has 2 aromatic rings. The van der Waals surface area contributed by atoms with E-state index in [0.29, 0.717) is 5.69 Å². The van der Waals surface area contributed by atoms with E-state index in [1.807, 2.05) is 30.3 Å². The Morgan fingerprint density at radius 1 is 1.14 bits per heavy atom. The van der Waals surface area contributed by atoms with Crippen molar-refractivity contribution in [3.8, 4) is 5.75 Å². The molecule has 3 N–H and O–H groups in total. The summed E-state index contributed by atoms with van der Waals surface area (Å²) in [6, 6.07) is 15.8. The Balaban J connectivity index is 1.81. The maximum atomic E-state index is 11.7. The average molecular weight is 286 g/mol. The van der Waals surface area contributed by atoms with Gasteiger partial charge in [0.2, 0.25) is 0 Å². The van der Waals surface area contributed by atoms with Crippen molar-refractivity contribution >= 4 is 11.7 Å². The monoisotopic (exact) mass is 286 g/mol. The van der Waals surface area contributed by atoms with Gasteiger partial charge in [0.1, 0.15) is 5.75 Å². The summed E-state index contributed by atoms with van der Waals surface area (Å²) in [4.78, 5) is 11.7. The number of aliphatic hydroxyl groups is 1. The Morgan fingerprint density at radius 3 is 2.43 bits per heavy atom. The molecular formula is C16H18N2O3. The molecule has 0 heterocycles. The molecule has 2 aromatic carbocycles. The van der Waals surface area contributed by atoms with Crippen LogP contribution in [0.1, 0.15) is 11.7 Å². The number of carbonyl (C=O) groups is 1. The number of ether oxygens (including phenoxy) is 1. The zero-order valence-corrected chi connectivity index (χ0v) is 11.7. The number of carbonyl (C=O) groups excluding carboxylic acids is 1.